The third-order valence-electron chi connectivity index (χ3n) is 3.90. The molecule has 0 bridgehead atoms. The molecule has 3 rings (SSSR count). The molecule has 19 heavy (non-hydrogen) atoms. The first-order chi connectivity index (χ1) is 8.80. The van der Waals surface area contributed by atoms with Crippen molar-refractivity contribution in [3.8, 4) is 0 Å². The van der Waals surface area contributed by atoms with Crippen LogP contribution < -0.4 is 5.66 Å². The van der Waals surface area contributed by atoms with E-state index in [4.69, 9.17) is 25.3 Å². The molecular formula is C13H15BClNO3. The van der Waals surface area contributed by atoms with Crippen molar-refractivity contribution >= 4 is 35.3 Å². The Hall–Kier alpha value is -1.04. The fourth-order valence-corrected chi connectivity index (χ4v) is 2.23. The minimum atomic E-state index is -0.520. The molecule has 0 saturated carbocycles. The minimum Gasteiger partial charge on any atom is -0.464 e. The van der Waals surface area contributed by atoms with E-state index in [0.717, 1.165) is 5.39 Å². The second kappa shape index (κ2) is 3.98. The Balaban J connectivity index is 2.01. The monoisotopic (exact) mass is 279 g/mol. The van der Waals surface area contributed by atoms with Gasteiger partial charge >= 0.3 is 7.12 Å². The average molecular weight is 280 g/mol. The minimum absolute atomic E-state index is 0.390. The number of hydrogen-bond acceptors (Lipinski definition) is 4. The lowest BCUT2D eigenvalue weighted by molar-refractivity contribution is 0.00578. The lowest BCUT2D eigenvalue weighted by Crippen LogP contribution is -2.41. The van der Waals surface area contributed by atoms with E-state index < -0.39 is 18.3 Å². The summed E-state index contributed by atoms with van der Waals surface area (Å²) in [6, 6.07) is 3.60. The number of halogens is 1. The largest absolute Gasteiger partial charge is 0.532 e. The number of pyridine rings is 1. The summed E-state index contributed by atoms with van der Waals surface area (Å²) in [5, 5.41) is 1.19. The molecule has 0 amide bonds. The average Bonchev–Trinajstić information content (AvgIpc) is 2.80. The molecule has 6 heteroatoms. The van der Waals surface area contributed by atoms with Crippen molar-refractivity contribution in [1.29, 1.82) is 0 Å². The first kappa shape index (κ1) is 13.0. The first-order valence-electron chi connectivity index (χ1n) is 6.20. The van der Waals surface area contributed by atoms with Crippen molar-refractivity contribution in [2.45, 2.75) is 38.9 Å². The van der Waals surface area contributed by atoms with Crippen LogP contribution in [0.5, 0.6) is 0 Å². The highest BCUT2D eigenvalue weighted by molar-refractivity contribution is 6.61. The van der Waals surface area contributed by atoms with Crippen LogP contribution >= 0.6 is 11.6 Å². The summed E-state index contributed by atoms with van der Waals surface area (Å²) < 4.78 is 17.6. The predicted molar refractivity (Wildman–Crippen MR) is 74.7 cm³/mol. The van der Waals surface area contributed by atoms with Gasteiger partial charge in [0.15, 0.2) is 0 Å². The third kappa shape index (κ3) is 1.97. The molecule has 1 aliphatic heterocycles. The summed E-state index contributed by atoms with van der Waals surface area (Å²) >= 11 is 6.04. The quantitative estimate of drug-likeness (QED) is 0.595. The van der Waals surface area contributed by atoms with Crippen molar-refractivity contribution in [3.05, 3.63) is 23.5 Å². The molecule has 1 fully saturated rings. The lowest BCUT2D eigenvalue weighted by Gasteiger charge is -2.32. The Labute approximate surface area is 117 Å². The predicted octanol–water partition coefficient (Wildman–Crippen LogP) is 2.78. The maximum absolute atomic E-state index is 6.04. The molecule has 0 unspecified atom stereocenters. The number of furan rings is 1. The Morgan fingerprint density at radius 3 is 2.37 bits per heavy atom. The number of fused-ring (bicyclic) bond motifs is 1. The van der Waals surface area contributed by atoms with Crippen LogP contribution in [0.4, 0.5) is 0 Å². The van der Waals surface area contributed by atoms with Crippen molar-refractivity contribution in [3.63, 3.8) is 0 Å². The lowest BCUT2D eigenvalue weighted by atomic mass is 9.86. The summed E-state index contributed by atoms with van der Waals surface area (Å²) in [4.78, 5) is 4.03. The van der Waals surface area contributed by atoms with Crippen molar-refractivity contribution in [1.82, 2.24) is 4.98 Å². The highest BCUT2D eigenvalue weighted by Gasteiger charge is 2.53. The molecule has 1 saturated heterocycles. The normalized spacial score (nSPS) is 21.2. The van der Waals surface area contributed by atoms with Crippen molar-refractivity contribution < 1.29 is 13.7 Å². The third-order valence-corrected chi connectivity index (χ3v) is 4.20. The van der Waals surface area contributed by atoms with Gasteiger partial charge in [-0.3, -0.25) is 0 Å². The Morgan fingerprint density at radius 1 is 1.16 bits per heavy atom. The van der Waals surface area contributed by atoms with Crippen LogP contribution in [-0.4, -0.2) is 23.3 Å². The highest BCUT2D eigenvalue weighted by Crippen LogP contribution is 2.37. The van der Waals surface area contributed by atoms with Gasteiger partial charge in [-0.15, -0.1) is 0 Å². The zero-order valence-electron chi connectivity index (χ0n) is 11.4. The molecule has 2 aromatic rings. The topological polar surface area (TPSA) is 44.5 Å². The molecule has 100 valence electrons. The first-order valence-corrected chi connectivity index (χ1v) is 6.57. The summed E-state index contributed by atoms with van der Waals surface area (Å²) in [6.07, 6.45) is 1.61. The van der Waals surface area contributed by atoms with Gasteiger partial charge in [-0.05, 0) is 39.8 Å². The summed E-state index contributed by atoms with van der Waals surface area (Å²) in [6.45, 7) is 8.02. The van der Waals surface area contributed by atoms with Gasteiger partial charge in [-0.25, -0.2) is 4.98 Å². The van der Waals surface area contributed by atoms with Gasteiger partial charge in [0.2, 0.25) is 0 Å². The second-order valence-electron chi connectivity index (χ2n) is 5.75. The maximum atomic E-state index is 6.04. The Kier molecular flexibility index (Phi) is 2.72. The van der Waals surface area contributed by atoms with Gasteiger partial charge in [-0.1, -0.05) is 11.6 Å². The van der Waals surface area contributed by atoms with Crippen LogP contribution in [0.25, 0.3) is 11.0 Å². The van der Waals surface area contributed by atoms with Crippen LogP contribution in [-0.2, 0) is 9.31 Å². The summed E-state index contributed by atoms with van der Waals surface area (Å²) in [5.41, 5.74) is 0.519. The van der Waals surface area contributed by atoms with E-state index in [1.54, 1.807) is 12.3 Å². The van der Waals surface area contributed by atoms with Gasteiger partial charge in [-0.2, -0.15) is 0 Å². The molecule has 4 nitrogen and oxygen atoms in total. The fraction of sp³-hybridized carbons (Fsp3) is 0.462. The van der Waals surface area contributed by atoms with Crippen LogP contribution in [0.15, 0.2) is 22.7 Å². The van der Waals surface area contributed by atoms with E-state index in [1.165, 1.54) is 0 Å². The standard InChI is InChI=1S/C13H15BClNO3/c1-12(2)13(3,4)19-14(18-12)10-7-8-9(17-10)5-6-16-11(8)15/h5-7H,1-4H3. The molecule has 0 aromatic carbocycles. The molecule has 2 aromatic heterocycles. The molecule has 0 spiro atoms. The summed E-state index contributed by atoms with van der Waals surface area (Å²) in [7, 11) is -0.520. The number of nitrogens with zero attached hydrogens (tertiary/aromatic N) is 1. The van der Waals surface area contributed by atoms with Crippen molar-refractivity contribution in [2.24, 2.45) is 0 Å². The molecular weight excluding hydrogens is 264 g/mol. The number of rotatable bonds is 1. The van der Waals surface area contributed by atoms with Crippen LogP contribution in [0, 0.1) is 0 Å². The zero-order chi connectivity index (χ0) is 13.8. The maximum Gasteiger partial charge on any atom is 0.532 e. The van der Waals surface area contributed by atoms with Crippen molar-refractivity contribution in [2.75, 3.05) is 0 Å². The fourth-order valence-electron chi connectivity index (χ4n) is 2.03. The highest BCUT2D eigenvalue weighted by atomic mass is 35.5. The van der Waals surface area contributed by atoms with E-state index in [2.05, 4.69) is 4.98 Å². The molecule has 0 atom stereocenters. The smallest absolute Gasteiger partial charge is 0.464 e. The van der Waals surface area contributed by atoms with E-state index in [1.807, 2.05) is 33.8 Å². The molecule has 0 N–H and O–H groups in total. The van der Waals surface area contributed by atoms with Gasteiger partial charge in [0.25, 0.3) is 0 Å². The van der Waals surface area contributed by atoms with Gasteiger partial charge < -0.3 is 13.7 Å². The van der Waals surface area contributed by atoms with E-state index in [9.17, 15) is 0 Å². The molecule has 0 radical (unpaired) electrons. The van der Waals surface area contributed by atoms with Gasteiger partial charge in [0.1, 0.15) is 16.4 Å². The molecule has 0 aliphatic carbocycles. The van der Waals surface area contributed by atoms with Gasteiger partial charge in [0.05, 0.1) is 16.6 Å². The van der Waals surface area contributed by atoms with Crippen LogP contribution in [0.3, 0.4) is 0 Å². The SMILES string of the molecule is CC1(C)OB(c2cc3c(Cl)nccc3o2)OC1(C)C. The van der Waals surface area contributed by atoms with E-state index in [-0.39, 0.29) is 0 Å². The summed E-state index contributed by atoms with van der Waals surface area (Å²) in [5.74, 6) is 0. The number of hydrogen-bond donors (Lipinski definition) is 0. The van der Waals surface area contributed by atoms with Crippen LogP contribution in [0.2, 0.25) is 5.15 Å². The molecule has 3 heterocycles. The van der Waals surface area contributed by atoms with Crippen LogP contribution in [0.1, 0.15) is 27.7 Å². The Bertz CT molecular complexity index is 622. The second-order valence-corrected chi connectivity index (χ2v) is 6.11. The molecule has 1 aliphatic rings. The Morgan fingerprint density at radius 2 is 1.79 bits per heavy atom. The number of aromatic nitrogens is 1. The van der Waals surface area contributed by atoms with Gasteiger partial charge in [0, 0.05) is 6.20 Å². The van der Waals surface area contributed by atoms with E-state index in [0.29, 0.717) is 16.4 Å². The van der Waals surface area contributed by atoms with E-state index >= 15 is 0 Å². The zero-order valence-corrected chi connectivity index (χ0v) is 12.1.